The smallest absolute Gasteiger partial charge is 0.0787 e. The van der Waals surface area contributed by atoms with E-state index in [1.165, 1.54) is 12.8 Å². The normalized spacial score (nSPS) is 23.3. The summed E-state index contributed by atoms with van der Waals surface area (Å²) in [5.74, 6) is 3.00. The molecule has 1 aliphatic heterocycles. The van der Waals surface area contributed by atoms with Gasteiger partial charge in [-0.15, -0.1) is 0 Å². The summed E-state index contributed by atoms with van der Waals surface area (Å²) >= 11 is 1.96. The van der Waals surface area contributed by atoms with E-state index < -0.39 is 5.60 Å². The average Bonchev–Trinajstić information content (AvgIpc) is 2.35. The van der Waals surface area contributed by atoms with Gasteiger partial charge in [-0.1, -0.05) is 27.2 Å². The van der Waals surface area contributed by atoms with Gasteiger partial charge in [0, 0.05) is 12.6 Å². The van der Waals surface area contributed by atoms with Crippen LogP contribution in [0.1, 0.15) is 52.9 Å². The second kappa shape index (κ2) is 7.65. The van der Waals surface area contributed by atoms with E-state index in [0.29, 0.717) is 6.04 Å². The van der Waals surface area contributed by atoms with E-state index in [0.717, 1.165) is 43.2 Å². The molecule has 0 aliphatic carbocycles. The minimum Gasteiger partial charge on any atom is -0.389 e. The van der Waals surface area contributed by atoms with Gasteiger partial charge < -0.3 is 10.4 Å². The van der Waals surface area contributed by atoms with Crippen molar-refractivity contribution in [3.05, 3.63) is 0 Å². The second-order valence-corrected chi connectivity index (χ2v) is 6.80. The Hall–Kier alpha value is 0.270. The molecule has 0 spiro atoms. The van der Waals surface area contributed by atoms with Gasteiger partial charge in [-0.25, -0.2) is 0 Å². The highest BCUT2D eigenvalue weighted by atomic mass is 32.2. The molecule has 0 aromatic carbocycles. The van der Waals surface area contributed by atoms with Crippen LogP contribution in [0.5, 0.6) is 0 Å². The van der Waals surface area contributed by atoms with Crippen LogP contribution in [0.25, 0.3) is 0 Å². The largest absolute Gasteiger partial charge is 0.389 e. The van der Waals surface area contributed by atoms with Crippen molar-refractivity contribution < 1.29 is 5.11 Å². The molecule has 17 heavy (non-hydrogen) atoms. The zero-order chi connectivity index (χ0) is 12.7. The summed E-state index contributed by atoms with van der Waals surface area (Å²) in [7, 11) is 0. The molecule has 0 aromatic heterocycles. The SMILES string of the molecule is CCC(C)CC(CC)NCC1(O)CCSCC1. The maximum absolute atomic E-state index is 10.4. The van der Waals surface area contributed by atoms with Crippen LogP contribution in [0.2, 0.25) is 0 Å². The molecular weight excluding hydrogens is 230 g/mol. The van der Waals surface area contributed by atoms with Crippen molar-refractivity contribution in [3.8, 4) is 0 Å². The molecule has 2 atom stereocenters. The van der Waals surface area contributed by atoms with Gasteiger partial charge >= 0.3 is 0 Å². The van der Waals surface area contributed by atoms with Crippen molar-refractivity contribution in [2.75, 3.05) is 18.1 Å². The highest BCUT2D eigenvalue weighted by molar-refractivity contribution is 7.99. The Morgan fingerprint density at radius 2 is 1.88 bits per heavy atom. The van der Waals surface area contributed by atoms with E-state index >= 15 is 0 Å². The van der Waals surface area contributed by atoms with Gasteiger partial charge in [-0.2, -0.15) is 11.8 Å². The molecule has 1 saturated heterocycles. The number of hydrogen-bond acceptors (Lipinski definition) is 3. The molecular formula is C14H29NOS. The van der Waals surface area contributed by atoms with Crippen LogP contribution in [0, 0.1) is 5.92 Å². The van der Waals surface area contributed by atoms with Gasteiger partial charge in [0.25, 0.3) is 0 Å². The molecule has 1 aliphatic rings. The van der Waals surface area contributed by atoms with Crippen LogP contribution in [-0.4, -0.2) is 34.8 Å². The van der Waals surface area contributed by atoms with Crippen LogP contribution < -0.4 is 5.32 Å². The predicted molar refractivity (Wildman–Crippen MR) is 77.7 cm³/mol. The lowest BCUT2D eigenvalue weighted by Crippen LogP contribution is -2.46. The predicted octanol–water partition coefficient (Wildman–Crippen LogP) is 3.05. The van der Waals surface area contributed by atoms with E-state index in [9.17, 15) is 5.11 Å². The van der Waals surface area contributed by atoms with Crippen LogP contribution >= 0.6 is 11.8 Å². The van der Waals surface area contributed by atoms with E-state index in [1.807, 2.05) is 11.8 Å². The summed E-state index contributed by atoms with van der Waals surface area (Å²) in [6.45, 7) is 7.59. The molecule has 0 aromatic rings. The first-order chi connectivity index (χ1) is 8.09. The van der Waals surface area contributed by atoms with E-state index in [4.69, 9.17) is 0 Å². The Labute approximate surface area is 111 Å². The third-order valence-electron chi connectivity index (χ3n) is 4.02. The lowest BCUT2D eigenvalue weighted by molar-refractivity contribution is 0.0287. The summed E-state index contributed by atoms with van der Waals surface area (Å²) in [5, 5.41) is 14.0. The van der Waals surface area contributed by atoms with Crippen LogP contribution in [0.3, 0.4) is 0 Å². The average molecular weight is 259 g/mol. The Morgan fingerprint density at radius 3 is 2.41 bits per heavy atom. The van der Waals surface area contributed by atoms with Crippen molar-refractivity contribution in [1.29, 1.82) is 0 Å². The van der Waals surface area contributed by atoms with Gasteiger partial charge in [0.05, 0.1) is 5.60 Å². The third kappa shape index (κ3) is 5.62. The maximum atomic E-state index is 10.4. The fraction of sp³-hybridized carbons (Fsp3) is 1.00. The fourth-order valence-electron chi connectivity index (χ4n) is 2.31. The van der Waals surface area contributed by atoms with E-state index in [2.05, 4.69) is 26.1 Å². The number of hydrogen-bond donors (Lipinski definition) is 2. The Bertz CT molecular complexity index is 204. The minimum absolute atomic E-state index is 0.436. The lowest BCUT2D eigenvalue weighted by atomic mass is 9.94. The first-order valence-corrected chi connectivity index (χ1v) is 8.28. The highest BCUT2D eigenvalue weighted by Crippen LogP contribution is 2.26. The van der Waals surface area contributed by atoms with Crippen molar-refractivity contribution in [2.45, 2.75) is 64.5 Å². The zero-order valence-corrected chi connectivity index (χ0v) is 12.5. The summed E-state index contributed by atoms with van der Waals surface area (Å²) in [4.78, 5) is 0. The fourth-order valence-corrected chi connectivity index (χ4v) is 3.56. The minimum atomic E-state index is -0.436. The molecule has 1 rings (SSSR count). The maximum Gasteiger partial charge on any atom is 0.0787 e. The van der Waals surface area contributed by atoms with Crippen molar-refractivity contribution in [1.82, 2.24) is 5.32 Å². The van der Waals surface area contributed by atoms with Crippen LogP contribution in [0.15, 0.2) is 0 Å². The second-order valence-electron chi connectivity index (χ2n) is 5.57. The number of rotatable bonds is 7. The van der Waals surface area contributed by atoms with Gasteiger partial charge in [0.1, 0.15) is 0 Å². The molecule has 1 fully saturated rings. The topological polar surface area (TPSA) is 32.3 Å². The third-order valence-corrected chi connectivity index (χ3v) is 5.01. The Morgan fingerprint density at radius 1 is 1.24 bits per heavy atom. The first kappa shape index (κ1) is 15.3. The monoisotopic (exact) mass is 259 g/mol. The van der Waals surface area contributed by atoms with Crippen molar-refractivity contribution >= 4 is 11.8 Å². The molecule has 2 unspecified atom stereocenters. The summed E-state index contributed by atoms with van der Waals surface area (Å²) in [6, 6.07) is 0.573. The Kier molecular flexibility index (Phi) is 6.90. The molecule has 2 nitrogen and oxygen atoms in total. The summed E-state index contributed by atoms with van der Waals surface area (Å²) in [6.07, 6.45) is 5.54. The van der Waals surface area contributed by atoms with Gasteiger partial charge in [0.15, 0.2) is 0 Å². The van der Waals surface area contributed by atoms with Gasteiger partial charge in [-0.3, -0.25) is 0 Å². The van der Waals surface area contributed by atoms with Crippen LogP contribution in [0.4, 0.5) is 0 Å². The number of aliphatic hydroxyl groups is 1. The number of nitrogens with one attached hydrogen (secondary N) is 1. The van der Waals surface area contributed by atoms with Crippen molar-refractivity contribution in [2.24, 2.45) is 5.92 Å². The lowest BCUT2D eigenvalue weighted by Gasteiger charge is -2.34. The molecule has 2 N–H and O–H groups in total. The molecule has 0 amide bonds. The van der Waals surface area contributed by atoms with E-state index in [-0.39, 0.29) is 0 Å². The number of thioether (sulfide) groups is 1. The highest BCUT2D eigenvalue weighted by Gasteiger charge is 2.29. The van der Waals surface area contributed by atoms with Gasteiger partial charge in [-0.05, 0) is 43.1 Å². The quantitative estimate of drug-likeness (QED) is 0.737. The molecule has 102 valence electrons. The molecule has 3 heteroatoms. The standard InChI is InChI=1S/C14H29NOS/c1-4-12(3)10-13(5-2)15-11-14(16)6-8-17-9-7-14/h12-13,15-16H,4-11H2,1-3H3. The molecule has 0 radical (unpaired) electrons. The molecule has 0 bridgehead atoms. The molecule has 0 saturated carbocycles. The first-order valence-electron chi connectivity index (χ1n) is 7.13. The van der Waals surface area contributed by atoms with Gasteiger partial charge in [0.2, 0.25) is 0 Å². The summed E-state index contributed by atoms with van der Waals surface area (Å²) < 4.78 is 0. The zero-order valence-electron chi connectivity index (χ0n) is 11.7. The van der Waals surface area contributed by atoms with E-state index in [1.54, 1.807) is 0 Å². The molecule has 1 heterocycles. The van der Waals surface area contributed by atoms with Crippen molar-refractivity contribution in [3.63, 3.8) is 0 Å². The summed E-state index contributed by atoms with van der Waals surface area (Å²) in [5.41, 5.74) is -0.436. The Balaban J connectivity index is 2.30. The van der Waals surface area contributed by atoms with Crippen LogP contribution in [-0.2, 0) is 0 Å².